The summed E-state index contributed by atoms with van der Waals surface area (Å²) in [4.78, 5) is 29.1. The minimum atomic E-state index is -0.412. The lowest BCUT2D eigenvalue weighted by Crippen LogP contribution is -2.01. The van der Waals surface area contributed by atoms with Crippen LogP contribution in [0.25, 0.3) is 43.6 Å². The topological polar surface area (TPSA) is 87.7 Å². The molecule has 244 valence electrons. The molecular weight excluding hydrogens is 817 g/mol. The van der Waals surface area contributed by atoms with Crippen molar-refractivity contribution in [2.24, 2.45) is 0 Å². The van der Waals surface area contributed by atoms with Crippen molar-refractivity contribution in [2.75, 3.05) is 7.11 Å². The lowest BCUT2D eigenvalue weighted by molar-refractivity contribution is 0.0602. The number of esters is 1. The summed E-state index contributed by atoms with van der Waals surface area (Å²) in [7, 11) is 1.36. The molecular formula is C36H23Cl4IN6O2. The van der Waals surface area contributed by atoms with E-state index in [1.165, 1.54) is 12.7 Å². The Kier molecular flexibility index (Phi) is 9.63. The van der Waals surface area contributed by atoms with Gasteiger partial charge in [0.15, 0.2) is 0 Å². The predicted molar refractivity (Wildman–Crippen MR) is 205 cm³/mol. The Morgan fingerprint density at radius 2 is 1.18 bits per heavy atom. The molecule has 0 aliphatic heterocycles. The molecule has 0 spiro atoms. The molecule has 6 heterocycles. The van der Waals surface area contributed by atoms with Crippen LogP contribution in [0.2, 0.25) is 20.4 Å². The first-order valence-electron chi connectivity index (χ1n) is 14.8. The highest BCUT2D eigenvalue weighted by Crippen LogP contribution is 2.28. The number of methoxy groups -OCH3 is 1. The fourth-order valence-electron chi connectivity index (χ4n) is 5.71. The third kappa shape index (κ3) is 7.18. The number of ether oxygens (including phenoxy) is 1. The SMILES string of the molecule is COC(=O)c1cn(Cc2ccc3ncc(Cl)cc3c2)c2cnc(Cl)cc12.Clc1cnc2ccc(Cn3cc(I)c4cc(Cl)ncc43)cc2c1. The zero-order valence-corrected chi connectivity index (χ0v) is 30.7. The van der Waals surface area contributed by atoms with Crippen LogP contribution in [0.5, 0.6) is 0 Å². The highest BCUT2D eigenvalue weighted by atomic mass is 127. The Hall–Kier alpha value is -4.00. The Bertz CT molecular complexity index is 2550. The predicted octanol–water partition coefficient (Wildman–Crippen LogP) is 10.3. The number of fused-ring (bicyclic) bond motifs is 4. The molecule has 0 aliphatic carbocycles. The number of carbonyl (C=O) groups excluding carboxylic acids is 1. The number of carbonyl (C=O) groups is 1. The lowest BCUT2D eigenvalue weighted by atomic mass is 10.1. The van der Waals surface area contributed by atoms with Crippen LogP contribution >= 0.6 is 69.0 Å². The maximum atomic E-state index is 12.1. The van der Waals surface area contributed by atoms with Gasteiger partial charge in [0.2, 0.25) is 0 Å². The van der Waals surface area contributed by atoms with Crippen LogP contribution in [0.4, 0.5) is 0 Å². The fourth-order valence-corrected chi connectivity index (χ4v) is 7.13. The fraction of sp³-hybridized carbons (Fsp3) is 0.0833. The maximum Gasteiger partial charge on any atom is 0.340 e. The summed E-state index contributed by atoms with van der Waals surface area (Å²) in [6.45, 7) is 1.31. The van der Waals surface area contributed by atoms with Crippen LogP contribution in [0.15, 0.2) is 97.8 Å². The smallest absolute Gasteiger partial charge is 0.340 e. The maximum absolute atomic E-state index is 12.1. The molecule has 0 fully saturated rings. The van der Waals surface area contributed by atoms with E-state index in [0.717, 1.165) is 53.9 Å². The summed E-state index contributed by atoms with van der Waals surface area (Å²) in [5, 5.41) is 5.91. The number of hydrogen-bond donors (Lipinski definition) is 0. The Labute approximate surface area is 313 Å². The Balaban J connectivity index is 0.000000155. The average Bonchev–Trinajstić information content (AvgIpc) is 3.59. The van der Waals surface area contributed by atoms with E-state index in [0.29, 0.717) is 37.8 Å². The standard InChI is InChI=1S/C19H13Cl2N3O2.C17H10Cl2IN3/c1-26-19(25)15-10-24(17-8-23-18(21)6-14(15)17)9-11-2-3-16-12(4-11)5-13(20)7-22-16;18-12-4-11-3-10(1-2-15(11)21-6-12)8-23-9-14(20)13-5-17(19)22-7-16(13)23/h2-8,10H,9H2,1H3;1-7,9H,8H2. The normalized spacial score (nSPS) is 11.3. The van der Waals surface area contributed by atoms with Crippen LogP contribution in [-0.4, -0.2) is 42.1 Å². The highest BCUT2D eigenvalue weighted by molar-refractivity contribution is 14.1. The molecule has 0 amide bonds. The van der Waals surface area contributed by atoms with E-state index in [2.05, 4.69) is 65.4 Å². The molecule has 49 heavy (non-hydrogen) atoms. The molecule has 0 N–H and O–H groups in total. The van der Waals surface area contributed by atoms with Gasteiger partial charge in [-0.2, -0.15) is 0 Å². The average molecular weight is 840 g/mol. The van der Waals surface area contributed by atoms with Gasteiger partial charge in [0.25, 0.3) is 0 Å². The zero-order valence-electron chi connectivity index (χ0n) is 25.5. The largest absolute Gasteiger partial charge is 0.465 e. The summed E-state index contributed by atoms with van der Waals surface area (Å²) in [5.41, 5.74) is 6.38. The van der Waals surface area contributed by atoms with Crippen LogP contribution < -0.4 is 0 Å². The quantitative estimate of drug-likeness (QED) is 0.0975. The van der Waals surface area contributed by atoms with Gasteiger partial charge in [-0.25, -0.2) is 14.8 Å². The second-order valence-corrected chi connectivity index (χ2v) is 14.0. The van der Waals surface area contributed by atoms with Crippen LogP contribution in [0.1, 0.15) is 21.5 Å². The van der Waals surface area contributed by atoms with Crippen molar-refractivity contribution in [3.05, 3.63) is 138 Å². The summed E-state index contributed by atoms with van der Waals surface area (Å²) >= 11 is 26.4. The zero-order chi connectivity index (χ0) is 34.2. The minimum absolute atomic E-state index is 0.326. The van der Waals surface area contributed by atoms with Crippen molar-refractivity contribution in [1.29, 1.82) is 0 Å². The van der Waals surface area contributed by atoms with E-state index in [1.807, 2.05) is 53.2 Å². The van der Waals surface area contributed by atoms with Crippen molar-refractivity contribution in [2.45, 2.75) is 13.1 Å². The van der Waals surface area contributed by atoms with Gasteiger partial charge in [-0.15, -0.1) is 0 Å². The molecule has 0 aliphatic rings. The van der Waals surface area contributed by atoms with E-state index < -0.39 is 5.97 Å². The monoisotopic (exact) mass is 838 g/mol. The molecule has 2 aromatic carbocycles. The van der Waals surface area contributed by atoms with Crippen LogP contribution in [0.3, 0.4) is 0 Å². The van der Waals surface area contributed by atoms with Gasteiger partial charge in [0, 0.05) is 63.0 Å². The Morgan fingerprint density at radius 1 is 0.673 bits per heavy atom. The number of rotatable bonds is 5. The Morgan fingerprint density at radius 3 is 1.73 bits per heavy atom. The van der Waals surface area contributed by atoms with Crippen LogP contribution in [-0.2, 0) is 17.8 Å². The van der Waals surface area contributed by atoms with E-state index in [1.54, 1.807) is 30.9 Å². The third-order valence-electron chi connectivity index (χ3n) is 7.96. The molecule has 8 rings (SSSR count). The van der Waals surface area contributed by atoms with E-state index in [9.17, 15) is 4.79 Å². The lowest BCUT2D eigenvalue weighted by Gasteiger charge is -2.07. The molecule has 0 saturated heterocycles. The molecule has 0 radical (unpaired) electrons. The molecule has 8 aromatic rings. The number of benzene rings is 2. The van der Waals surface area contributed by atoms with Gasteiger partial charge in [0.05, 0.1) is 57.2 Å². The van der Waals surface area contributed by atoms with E-state index in [-0.39, 0.29) is 0 Å². The summed E-state index contributed by atoms with van der Waals surface area (Å²) in [6.07, 6.45) is 10.6. The molecule has 6 aromatic heterocycles. The highest BCUT2D eigenvalue weighted by Gasteiger charge is 2.17. The first kappa shape index (κ1) is 33.5. The summed E-state index contributed by atoms with van der Waals surface area (Å²) in [5.74, 6) is -0.412. The van der Waals surface area contributed by atoms with Gasteiger partial charge in [-0.1, -0.05) is 58.5 Å². The number of nitrogens with zero attached hydrogens (tertiary/aromatic N) is 6. The third-order valence-corrected chi connectivity index (χ3v) is 9.64. The molecule has 8 nitrogen and oxygen atoms in total. The van der Waals surface area contributed by atoms with Crippen LogP contribution in [0, 0.1) is 3.57 Å². The van der Waals surface area contributed by atoms with Gasteiger partial charge in [-0.3, -0.25) is 9.97 Å². The number of pyridine rings is 4. The first-order chi connectivity index (χ1) is 23.6. The molecule has 13 heteroatoms. The van der Waals surface area contributed by atoms with Gasteiger partial charge >= 0.3 is 5.97 Å². The second-order valence-electron chi connectivity index (χ2n) is 11.2. The van der Waals surface area contributed by atoms with Gasteiger partial charge in [0.1, 0.15) is 10.3 Å². The van der Waals surface area contributed by atoms with Gasteiger partial charge in [-0.05, 0) is 82.2 Å². The molecule has 0 unspecified atom stereocenters. The summed E-state index contributed by atoms with van der Waals surface area (Å²) < 4.78 is 10.2. The van der Waals surface area contributed by atoms with Crippen molar-refractivity contribution in [3.8, 4) is 0 Å². The van der Waals surface area contributed by atoms with Crippen molar-refractivity contribution in [3.63, 3.8) is 0 Å². The molecule has 0 atom stereocenters. The first-order valence-corrected chi connectivity index (χ1v) is 17.3. The number of halogens is 5. The van der Waals surface area contributed by atoms with E-state index >= 15 is 0 Å². The molecule has 0 bridgehead atoms. The van der Waals surface area contributed by atoms with Gasteiger partial charge < -0.3 is 13.9 Å². The second kappa shape index (κ2) is 14.1. The number of hydrogen-bond acceptors (Lipinski definition) is 6. The van der Waals surface area contributed by atoms with E-state index in [4.69, 9.17) is 51.1 Å². The van der Waals surface area contributed by atoms with Crippen molar-refractivity contribution >= 4 is 119 Å². The van der Waals surface area contributed by atoms with Crippen molar-refractivity contribution < 1.29 is 9.53 Å². The number of aromatic nitrogens is 6. The van der Waals surface area contributed by atoms with Crippen molar-refractivity contribution in [1.82, 2.24) is 29.1 Å². The minimum Gasteiger partial charge on any atom is -0.465 e. The summed E-state index contributed by atoms with van der Waals surface area (Å²) in [6, 6.07) is 19.6. The molecule has 0 saturated carbocycles.